The quantitative estimate of drug-likeness (QED) is 0.934. The number of benzene rings is 2. The van der Waals surface area contributed by atoms with Gasteiger partial charge in [-0.3, -0.25) is 4.79 Å². The van der Waals surface area contributed by atoms with E-state index in [0.29, 0.717) is 6.54 Å². The average Bonchev–Trinajstić information content (AvgIpc) is 3.30. The summed E-state index contributed by atoms with van der Waals surface area (Å²) in [6, 6.07) is 20.7. The van der Waals surface area contributed by atoms with Crippen LogP contribution in [0.15, 0.2) is 60.7 Å². The van der Waals surface area contributed by atoms with Gasteiger partial charge in [-0.2, -0.15) is 0 Å². The van der Waals surface area contributed by atoms with Crippen LogP contribution in [-0.4, -0.2) is 29.9 Å². The average molecular weight is 334 g/mol. The number of hydrogen-bond acceptors (Lipinski definition) is 2. The van der Waals surface area contributed by atoms with Gasteiger partial charge in [0.2, 0.25) is 5.91 Å². The molecule has 0 radical (unpaired) electrons. The summed E-state index contributed by atoms with van der Waals surface area (Å²) in [5.74, 6) is 0.518. The van der Waals surface area contributed by atoms with Gasteiger partial charge in [-0.05, 0) is 24.0 Å². The maximum atomic E-state index is 13.6. The van der Waals surface area contributed by atoms with Crippen LogP contribution in [0.25, 0.3) is 0 Å². The molecule has 0 aromatic heterocycles. The smallest absolute Gasteiger partial charge is 0.233 e. The van der Waals surface area contributed by atoms with E-state index in [1.807, 2.05) is 29.2 Å². The Morgan fingerprint density at radius 3 is 2.16 bits per heavy atom. The van der Waals surface area contributed by atoms with Gasteiger partial charge in [0.15, 0.2) is 0 Å². The molecule has 2 aromatic carbocycles. The number of likely N-dealkylation sites (tertiary alicyclic amines) is 1. The molecule has 2 atom stereocenters. The molecule has 3 heteroatoms. The molecule has 1 amide bonds. The molecule has 2 aliphatic rings. The van der Waals surface area contributed by atoms with Gasteiger partial charge < -0.3 is 10.6 Å². The summed E-state index contributed by atoms with van der Waals surface area (Å²) in [6.07, 6.45) is 4.17. The number of carbonyl (C=O) groups is 1. The maximum Gasteiger partial charge on any atom is 0.233 e. The number of carbonyl (C=O) groups excluding carboxylic acids is 1. The monoisotopic (exact) mass is 334 g/mol. The van der Waals surface area contributed by atoms with E-state index < -0.39 is 0 Å². The third-order valence-electron chi connectivity index (χ3n) is 6.07. The summed E-state index contributed by atoms with van der Waals surface area (Å²) >= 11 is 0. The normalized spacial score (nSPS) is 25.2. The largest absolute Gasteiger partial charge is 0.340 e. The summed E-state index contributed by atoms with van der Waals surface area (Å²) in [5.41, 5.74) is 8.50. The molecule has 3 nitrogen and oxygen atoms in total. The van der Waals surface area contributed by atoms with Crippen LogP contribution in [0.2, 0.25) is 0 Å². The molecule has 0 unspecified atom stereocenters. The fourth-order valence-electron chi connectivity index (χ4n) is 4.71. The fourth-order valence-corrected chi connectivity index (χ4v) is 4.71. The molecule has 0 spiro atoms. The first-order valence-corrected chi connectivity index (χ1v) is 9.36. The molecule has 1 saturated carbocycles. The molecule has 2 fully saturated rings. The fraction of sp³-hybridized carbons (Fsp3) is 0.409. The molecule has 2 aromatic rings. The SMILES string of the molecule is N[C@@H]1CN(C(=O)C2(c3ccccc3)CCCC2)C[C@H]1c1ccccc1. The zero-order chi connectivity index (χ0) is 17.3. The van der Waals surface area contributed by atoms with Crippen LogP contribution < -0.4 is 5.73 Å². The molecular weight excluding hydrogens is 308 g/mol. The van der Waals surface area contributed by atoms with Crippen LogP contribution in [0, 0.1) is 0 Å². The molecule has 0 bridgehead atoms. The van der Waals surface area contributed by atoms with E-state index >= 15 is 0 Å². The predicted octanol–water partition coefficient (Wildman–Crippen LogP) is 3.45. The van der Waals surface area contributed by atoms with E-state index in [1.165, 1.54) is 11.1 Å². The molecule has 1 heterocycles. The Hall–Kier alpha value is -2.13. The number of rotatable bonds is 3. The number of amides is 1. The molecule has 130 valence electrons. The summed E-state index contributed by atoms with van der Waals surface area (Å²) < 4.78 is 0. The van der Waals surface area contributed by atoms with Crippen molar-refractivity contribution in [3.63, 3.8) is 0 Å². The van der Waals surface area contributed by atoms with E-state index in [1.54, 1.807) is 0 Å². The van der Waals surface area contributed by atoms with Gasteiger partial charge in [0.1, 0.15) is 0 Å². The molecule has 1 aliphatic heterocycles. The summed E-state index contributed by atoms with van der Waals surface area (Å²) in [6.45, 7) is 1.39. The molecule has 4 rings (SSSR count). The lowest BCUT2D eigenvalue weighted by atomic mass is 9.77. The third-order valence-corrected chi connectivity index (χ3v) is 6.07. The minimum absolute atomic E-state index is 0.0144. The first-order valence-electron chi connectivity index (χ1n) is 9.36. The summed E-state index contributed by atoms with van der Waals surface area (Å²) in [7, 11) is 0. The van der Waals surface area contributed by atoms with Gasteiger partial charge in [0, 0.05) is 25.0 Å². The Kier molecular flexibility index (Phi) is 4.34. The van der Waals surface area contributed by atoms with E-state index in [2.05, 4.69) is 36.4 Å². The van der Waals surface area contributed by atoms with Crippen molar-refractivity contribution in [2.24, 2.45) is 5.73 Å². The van der Waals surface area contributed by atoms with Gasteiger partial charge in [-0.15, -0.1) is 0 Å². The second kappa shape index (κ2) is 6.64. The van der Waals surface area contributed by atoms with Gasteiger partial charge >= 0.3 is 0 Å². The standard InChI is InChI=1S/C22H26N2O/c23-20-16-24(15-19(20)17-9-3-1-4-10-17)21(25)22(13-7-8-14-22)18-11-5-2-6-12-18/h1-6,9-12,19-20H,7-8,13-16,23H2/t19-,20+/m0/s1. The van der Waals surface area contributed by atoms with Crippen LogP contribution in [0.3, 0.4) is 0 Å². The van der Waals surface area contributed by atoms with Crippen LogP contribution in [0.4, 0.5) is 0 Å². The van der Waals surface area contributed by atoms with Crippen LogP contribution in [0.1, 0.15) is 42.7 Å². The lowest BCUT2D eigenvalue weighted by Gasteiger charge is -2.33. The zero-order valence-electron chi connectivity index (χ0n) is 14.6. The second-order valence-electron chi connectivity index (χ2n) is 7.55. The van der Waals surface area contributed by atoms with Crippen molar-refractivity contribution in [3.8, 4) is 0 Å². The van der Waals surface area contributed by atoms with Gasteiger partial charge in [-0.1, -0.05) is 73.5 Å². The van der Waals surface area contributed by atoms with Crippen molar-refractivity contribution in [2.45, 2.75) is 43.1 Å². The summed E-state index contributed by atoms with van der Waals surface area (Å²) in [4.78, 5) is 15.6. The van der Waals surface area contributed by atoms with E-state index in [0.717, 1.165) is 32.2 Å². The van der Waals surface area contributed by atoms with Crippen molar-refractivity contribution < 1.29 is 4.79 Å². The first kappa shape index (κ1) is 16.3. The highest BCUT2D eigenvalue weighted by Gasteiger charge is 2.47. The highest BCUT2D eigenvalue weighted by Crippen LogP contribution is 2.43. The van der Waals surface area contributed by atoms with Crippen molar-refractivity contribution in [1.82, 2.24) is 4.90 Å². The minimum atomic E-state index is -0.341. The number of hydrogen-bond donors (Lipinski definition) is 1. The Morgan fingerprint density at radius 2 is 1.52 bits per heavy atom. The van der Waals surface area contributed by atoms with Crippen LogP contribution >= 0.6 is 0 Å². The number of nitrogens with two attached hydrogens (primary N) is 1. The molecule has 1 aliphatic carbocycles. The van der Waals surface area contributed by atoms with Crippen molar-refractivity contribution >= 4 is 5.91 Å². The lowest BCUT2D eigenvalue weighted by Crippen LogP contribution is -2.45. The van der Waals surface area contributed by atoms with Gasteiger partial charge in [0.25, 0.3) is 0 Å². The Morgan fingerprint density at radius 1 is 0.920 bits per heavy atom. The van der Waals surface area contributed by atoms with Gasteiger partial charge in [-0.25, -0.2) is 0 Å². The summed E-state index contributed by atoms with van der Waals surface area (Å²) in [5, 5.41) is 0. The van der Waals surface area contributed by atoms with Gasteiger partial charge in [0.05, 0.1) is 5.41 Å². The molecular formula is C22H26N2O. The zero-order valence-corrected chi connectivity index (χ0v) is 14.6. The maximum absolute atomic E-state index is 13.6. The molecule has 1 saturated heterocycles. The van der Waals surface area contributed by atoms with Crippen LogP contribution in [-0.2, 0) is 10.2 Å². The first-order chi connectivity index (χ1) is 12.2. The van der Waals surface area contributed by atoms with Crippen molar-refractivity contribution in [3.05, 3.63) is 71.8 Å². The Bertz CT molecular complexity index is 722. The topological polar surface area (TPSA) is 46.3 Å². The highest BCUT2D eigenvalue weighted by molar-refractivity contribution is 5.89. The Balaban J connectivity index is 1.60. The molecule has 2 N–H and O–H groups in total. The van der Waals surface area contributed by atoms with Crippen LogP contribution in [0.5, 0.6) is 0 Å². The minimum Gasteiger partial charge on any atom is -0.340 e. The third kappa shape index (κ3) is 2.87. The van der Waals surface area contributed by atoms with E-state index in [-0.39, 0.29) is 23.3 Å². The second-order valence-corrected chi connectivity index (χ2v) is 7.55. The highest BCUT2D eigenvalue weighted by atomic mass is 16.2. The van der Waals surface area contributed by atoms with E-state index in [9.17, 15) is 4.79 Å². The van der Waals surface area contributed by atoms with E-state index in [4.69, 9.17) is 5.73 Å². The lowest BCUT2D eigenvalue weighted by molar-refractivity contribution is -0.136. The Labute approximate surface area is 149 Å². The predicted molar refractivity (Wildman–Crippen MR) is 100 cm³/mol. The van der Waals surface area contributed by atoms with Crippen molar-refractivity contribution in [1.29, 1.82) is 0 Å². The molecule has 25 heavy (non-hydrogen) atoms. The van der Waals surface area contributed by atoms with Crippen molar-refractivity contribution in [2.75, 3.05) is 13.1 Å². The number of nitrogens with zero attached hydrogens (tertiary/aromatic N) is 1.